The average Bonchev–Trinajstić information content (AvgIpc) is 2.84. The minimum Gasteiger partial charge on any atom is -0.352 e. The molecule has 1 saturated carbocycles. The molecule has 1 N–H and O–H groups in total. The van der Waals surface area contributed by atoms with E-state index in [-0.39, 0.29) is 18.5 Å². The third kappa shape index (κ3) is 7.82. The molecule has 2 aromatic rings. The molecule has 0 unspecified atom stereocenters. The molecule has 2 amide bonds. The third-order valence-corrected chi connectivity index (χ3v) is 8.66. The third-order valence-electron chi connectivity index (χ3n) is 6.43. The van der Waals surface area contributed by atoms with E-state index in [0.717, 1.165) is 39.8 Å². The molecule has 0 saturated heterocycles. The van der Waals surface area contributed by atoms with Gasteiger partial charge in [-0.25, -0.2) is 8.42 Å². The molecule has 3 rings (SSSR count). The van der Waals surface area contributed by atoms with Crippen LogP contribution in [-0.4, -0.2) is 50.0 Å². The van der Waals surface area contributed by atoms with Crippen LogP contribution < -0.4 is 9.62 Å². The van der Waals surface area contributed by atoms with Crippen molar-refractivity contribution in [2.45, 2.75) is 64.1 Å². The van der Waals surface area contributed by atoms with Crippen LogP contribution >= 0.6 is 34.2 Å². The molecule has 1 aliphatic rings. The minimum atomic E-state index is -3.76. The van der Waals surface area contributed by atoms with Gasteiger partial charge in [-0.05, 0) is 77.7 Å². The van der Waals surface area contributed by atoms with Crippen molar-refractivity contribution >= 4 is 61.7 Å². The fourth-order valence-corrected chi connectivity index (χ4v) is 5.90. The minimum absolute atomic E-state index is 0.0943. The number of halogens is 2. The van der Waals surface area contributed by atoms with Gasteiger partial charge in [-0.2, -0.15) is 0 Å². The Labute approximate surface area is 232 Å². The maximum atomic E-state index is 13.7. The molecule has 10 heteroatoms. The topological polar surface area (TPSA) is 86.8 Å². The molecule has 1 atom stereocenters. The van der Waals surface area contributed by atoms with Gasteiger partial charge in [0.15, 0.2) is 0 Å². The van der Waals surface area contributed by atoms with Crippen LogP contribution in [0.25, 0.3) is 0 Å². The van der Waals surface area contributed by atoms with E-state index in [9.17, 15) is 18.0 Å². The van der Waals surface area contributed by atoms with Gasteiger partial charge in [0.25, 0.3) is 0 Å². The highest BCUT2D eigenvalue weighted by Gasteiger charge is 2.33. The van der Waals surface area contributed by atoms with Crippen molar-refractivity contribution in [3.8, 4) is 0 Å². The lowest BCUT2D eigenvalue weighted by molar-refractivity contribution is -0.140. The van der Waals surface area contributed by atoms with Crippen molar-refractivity contribution in [1.82, 2.24) is 10.2 Å². The molecule has 36 heavy (non-hydrogen) atoms. The van der Waals surface area contributed by atoms with E-state index in [1.165, 1.54) is 11.3 Å². The number of amides is 2. The molecule has 196 valence electrons. The van der Waals surface area contributed by atoms with E-state index in [2.05, 4.69) is 27.9 Å². The number of nitrogens with one attached hydrogen (secondary N) is 1. The number of hydrogen-bond acceptors (Lipinski definition) is 4. The Hall–Kier alpha value is -1.85. The first-order valence-electron chi connectivity index (χ1n) is 12.2. The average molecular weight is 646 g/mol. The molecule has 0 heterocycles. The fraction of sp³-hybridized carbons (Fsp3) is 0.462. The van der Waals surface area contributed by atoms with Crippen LogP contribution in [0.5, 0.6) is 0 Å². The summed E-state index contributed by atoms with van der Waals surface area (Å²) in [4.78, 5) is 28.6. The molecule has 1 fully saturated rings. The monoisotopic (exact) mass is 645 g/mol. The molecular weight excluding hydrogens is 613 g/mol. The molecule has 1 aliphatic carbocycles. The molecule has 7 nitrogen and oxygen atoms in total. The van der Waals surface area contributed by atoms with Gasteiger partial charge >= 0.3 is 0 Å². The maximum Gasteiger partial charge on any atom is 0.244 e. The molecule has 0 spiro atoms. The molecule has 0 aliphatic heterocycles. The van der Waals surface area contributed by atoms with Crippen LogP contribution in [0.3, 0.4) is 0 Å². The summed E-state index contributed by atoms with van der Waals surface area (Å²) >= 11 is 8.54. The Bertz CT molecular complexity index is 1150. The van der Waals surface area contributed by atoms with Gasteiger partial charge in [0.1, 0.15) is 12.6 Å². The Morgan fingerprint density at radius 3 is 2.31 bits per heavy atom. The second-order valence-corrected chi connectivity index (χ2v) is 12.7. The maximum absolute atomic E-state index is 13.7. The first kappa shape index (κ1) is 28.7. The van der Waals surface area contributed by atoms with Crippen LogP contribution in [0.15, 0.2) is 48.5 Å². The summed E-state index contributed by atoms with van der Waals surface area (Å²) in [7, 11) is -3.76. The van der Waals surface area contributed by atoms with Gasteiger partial charge in [-0.15, -0.1) is 0 Å². The highest BCUT2D eigenvalue weighted by Crippen LogP contribution is 2.24. The standard InChI is InChI=1S/C26H33ClIN3O4S/c1-3-24(26(33)29-21-10-5-4-6-11-21)30(17-19-9-7-8-12-23(19)27)25(32)18-31(36(2,34)35)22-15-13-20(28)14-16-22/h7-9,12-16,21,24H,3-6,10-11,17-18H2,1-2H3,(H,29,33)/t24-/m1/s1. The van der Waals surface area contributed by atoms with E-state index >= 15 is 0 Å². The number of benzene rings is 2. The number of carbonyl (C=O) groups is 2. The Morgan fingerprint density at radius 1 is 1.08 bits per heavy atom. The van der Waals surface area contributed by atoms with E-state index in [0.29, 0.717) is 22.7 Å². The number of anilines is 1. The van der Waals surface area contributed by atoms with Gasteiger partial charge in [0.05, 0.1) is 11.9 Å². The zero-order valence-corrected chi connectivity index (χ0v) is 24.4. The highest BCUT2D eigenvalue weighted by molar-refractivity contribution is 14.1. The Morgan fingerprint density at radius 2 is 1.72 bits per heavy atom. The van der Waals surface area contributed by atoms with Crippen molar-refractivity contribution in [3.63, 3.8) is 0 Å². The summed E-state index contributed by atoms with van der Waals surface area (Å²) in [5.74, 6) is -0.686. The predicted molar refractivity (Wildman–Crippen MR) is 152 cm³/mol. The quantitative estimate of drug-likeness (QED) is 0.370. The Balaban J connectivity index is 1.91. The van der Waals surface area contributed by atoms with Crippen molar-refractivity contribution in [3.05, 3.63) is 62.7 Å². The van der Waals surface area contributed by atoms with Crippen LogP contribution in [-0.2, 0) is 26.2 Å². The van der Waals surface area contributed by atoms with E-state index in [1.54, 1.807) is 36.4 Å². The van der Waals surface area contributed by atoms with Crippen molar-refractivity contribution in [2.24, 2.45) is 0 Å². The van der Waals surface area contributed by atoms with Gasteiger partial charge in [-0.1, -0.05) is 56.0 Å². The van der Waals surface area contributed by atoms with E-state index in [4.69, 9.17) is 11.6 Å². The molecule has 0 bridgehead atoms. The number of nitrogens with zero attached hydrogens (tertiary/aromatic N) is 2. The SMILES string of the molecule is CC[C@H](C(=O)NC1CCCCC1)N(Cc1ccccc1Cl)C(=O)CN(c1ccc(I)cc1)S(C)(=O)=O. The summed E-state index contributed by atoms with van der Waals surface area (Å²) in [5, 5.41) is 3.61. The second-order valence-electron chi connectivity index (χ2n) is 9.13. The van der Waals surface area contributed by atoms with Gasteiger partial charge in [-0.3, -0.25) is 13.9 Å². The summed E-state index contributed by atoms with van der Waals surface area (Å²) in [6.45, 7) is 1.53. The summed E-state index contributed by atoms with van der Waals surface area (Å²) in [6.07, 6.45) is 6.62. The van der Waals surface area contributed by atoms with Crippen molar-refractivity contribution in [1.29, 1.82) is 0 Å². The number of sulfonamides is 1. The Kier molecular flexibility index (Phi) is 10.4. The molecular formula is C26H33ClIN3O4S. The second kappa shape index (κ2) is 13.1. The number of hydrogen-bond donors (Lipinski definition) is 1. The fourth-order valence-electron chi connectivity index (χ4n) is 4.50. The lowest BCUT2D eigenvalue weighted by Gasteiger charge is -2.34. The summed E-state index contributed by atoms with van der Waals surface area (Å²) < 4.78 is 27.4. The molecule has 2 aromatic carbocycles. The molecule has 0 radical (unpaired) electrons. The van der Waals surface area contributed by atoms with Crippen LogP contribution in [0, 0.1) is 3.57 Å². The van der Waals surface area contributed by atoms with Crippen LogP contribution in [0.2, 0.25) is 5.02 Å². The van der Waals surface area contributed by atoms with Crippen LogP contribution in [0.1, 0.15) is 51.0 Å². The van der Waals surface area contributed by atoms with E-state index < -0.39 is 28.5 Å². The van der Waals surface area contributed by atoms with Crippen molar-refractivity contribution in [2.75, 3.05) is 17.1 Å². The lowest BCUT2D eigenvalue weighted by atomic mass is 9.95. The number of rotatable bonds is 10. The van der Waals surface area contributed by atoms with Gasteiger partial charge in [0.2, 0.25) is 21.8 Å². The van der Waals surface area contributed by atoms with E-state index in [1.807, 2.05) is 19.1 Å². The molecule has 0 aromatic heterocycles. The summed E-state index contributed by atoms with van der Waals surface area (Å²) in [5.41, 5.74) is 1.08. The normalized spacial score (nSPS) is 15.2. The smallest absolute Gasteiger partial charge is 0.244 e. The van der Waals surface area contributed by atoms with Gasteiger partial charge in [0, 0.05) is 21.2 Å². The predicted octanol–water partition coefficient (Wildman–Crippen LogP) is 4.97. The van der Waals surface area contributed by atoms with Crippen LogP contribution in [0.4, 0.5) is 5.69 Å². The van der Waals surface area contributed by atoms with Gasteiger partial charge < -0.3 is 10.2 Å². The highest BCUT2D eigenvalue weighted by atomic mass is 127. The summed E-state index contributed by atoms with van der Waals surface area (Å²) in [6, 6.07) is 13.4. The first-order chi connectivity index (χ1) is 17.1. The zero-order valence-electron chi connectivity index (χ0n) is 20.6. The first-order valence-corrected chi connectivity index (χ1v) is 15.5. The lowest BCUT2D eigenvalue weighted by Crippen LogP contribution is -2.54. The van der Waals surface area contributed by atoms with Crippen molar-refractivity contribution < 1.29 is 18.0 Å². The largest absolute Gasteiger partial charge is 0.352 e. The number of carbonyl (C=O) groups excluding carboxylic acids is 2. The zero-order chi connectivity index (χ0) is 26.3.